The van der Waals surface area contributed by atoms with Crippen LogP contribution in [0.3, 0.4) is 0 Å². The Kier molecular flexibility index (Phi) is 3.55. The lowest BCUT2D eigenvalue weighted by Gasteiger charge is -2.07. The monoisotopic (exact) mass is 264 g/mol. The molecule has 0 aliphatic carbocycles. The van der Waals surface area contributed by atoms with E-state index in [4.69, 9.17) is 14.3 Å². The second-order valence-corrected chi connectivity index (χ2v) is 4.23. The molecule has 100 valence electrons. The first-order valence-corrected chi connectivity index (χ1v) is 5.69. The van der Waals surface area contributed by atoms with Crippen LogP contribution < -0.4 is 4.74 Å². The molecule has 0 saturated heterocycles. The molecule has 0 fully saturated rings. The third-order valence-electron chi connectivity index (χ3n) is 2.67. The minimum Gasteiger partial charge on any atom is -0.485 e. The molecule has 0 unspecified atom stereocenters. The molecule has 0 spiro atoms. The van der Waals surface area contributed by atoms with Crippen LogP contribution in [0.1, 0.15) is 27.4 Å². The van der Waals surface area contributed by atoms with Crippen molar-refractivity contribution in [1.82, 2.24) is 0 Å². The maximum Gasteiger partial charge on any atom is 0.372 e. The fourth-order valence-corrected chi connectivity index (χ4v) is 1.76. The van der Waals surface area contributed by atoms with Crippen molar-refractivity contribution in [3.63, 3.8) is 0 Å². The molecule has 0 saturated carbocycles. The van der Waals surface area contributed by atoms with Gasteiger partial charge in [-0.3, -0.25) is 0 Å². The van der Waals surface area contributed by atoms with Crippen LogP contribution in [0.4, 0.5) is 4.39 Å². The molecule has 0 atom stereocenters. The third-order valence-corrected chi connectivity index (χ3v) is 2.67. The normalized spacial score (nSPS) is 10.5. The first-order chi connectivity index (χ1) is 8.97. The summed E-state index contributed by atoms with van der Waals surface area (Å²) < 4.78 is 23.6. The molecule has 0 aliphatic heterocycles. The number of carboxylic acid groups (broad SMARTS) is 1. The number of benzene rings is 1. The number of aryl methyl sites for hydroxylation is 2. The highest BCUT2D eigenvalue weighted by atomic mass is 19.1. The second kappa shape index (κ2) is 5.14. The second-order valence-electron chi connectivity index (χ2n) is 4.23. The Hall–Kier alpha value is -2.30. The molecule has 1 N–H and O–H groups in total. The smallest absolute Gasteiger partial charge is 0.372 e. The van der Waals surface area contributed by atoms with E-state index in [0.29, 0.717) is 22.6 Å². The molecule has 1 aromatic carbocycles. The summed E-state index contributed by atoms with van der Waals surface area (Å²) in [5.74, 6) is -0.575. The summed E-state index contributed by atoms with van der Waals surface area (Å²) in [5, 5.41) is 8.86. The largest absolute Gasteiger partial charge is 0.485 e. The summed E-state index contributed by atoms with van der Waals surface area (Å²) in [6, 6.07) is 5.81. The maximum absolute atomic E-state index is 12.9. The van der Waals surface area contributed by atoms with Crippen LogP contribution in [-0.4, -0.2) is 11.1 Å². The van der Waals surface area contributed by atoms with Crippen molar-refractivity contribution in [2.45, 2.75) is 20.5 Å². The molecular formula is C14H13FO4. The highest BCUT2D eigenvalue weighted by molar-refractivity contribution is 5.86. The summed E-state index contributed by atoms with van der Waals surface area (Å²) in [4.78, 5) is 10.8. The van der Waals surface area contributed by atoms with Gasteiger partial charge in [-0.15, -0.1) is 0 Å². The summed E-state index contributed by atoms with van der Waals surface area (Å²) in [6.07, 6.45) is 0. The number of rotatable bonds is 4. The fourth-order valence-electron chi connectivity index (χ4n) is 1.76. The van der Waals surface area contributed by atoms with E-state index in [0.717, 1.165) is 0 Å². The molecule has 19 heavy (non-hydrogen) atoms. The molecule has 4 nitrogen and oxygen atoms in total. The summed E-state index contributed by atoms with van der Waals surface area (Å²) in [6.45, 7) is 3.48. The number of hydrogen-bond donors (Lipinski definition) is 1. The van der Waals surface area contributed by atoms with Crippen molar-refractivity contribution in [3.05, 3.63) is 52.7 Å². The van der Waals surface area contributed by atoms with E-state index >= 15 is 0 Å². The Balaban J connectivity index is 2.10. The van der Waals surface area contributed by atoms with E-state index in [9.17, 15) is 9.18 Å². The summed E-state index contributed by atoms with van der Waals surface area (Å²) >= 11 is 0. The Labute approximate surface area is 109 Å². The lowest BCUT2D eigenvalue weighted by atomic mass is 10.2. The Morgan fingerprint density at radius 2 is 2.05 bits per heavy atom. The molecule has 5 heteroatoms. The molecule has 0 aliphatic rings. The van der Waals surface area contributed by atoms with Gasteiger partial charge < -0.3 is 14.3 Å². The quantitative estimate of drug-likeness (QED) is 0.920. The van der Waals surface area contributed by atoms with Gasteiger partial charge in [0.25, 0.3) is 0 Å². The van der Waals surface area contributed by atoms with Gasteiger partial charge in [0.2, 0.25) is 5.76 Å². The Bertz CT molecular complexity index is 616. The topological polar surface area (TPSA) is 59.7 Å². The van der Waals surface area contributed by atoms with Gasteiger partial charge >= 0.3 is 5.97 Å². The first kappa shape index (κ1) is 13.1. The van der Waals surface area contributed by atoms with Gasteiger partial charge in [0.15, 0.2) is 0 Å². The van der Waals surface area contributed by atoms with Crippen LogP contribution in [0.5, 0.6) is 5.75 Å². The molecular weight excluding hydrogens is 251 g/mol. The Morgan fingerprint density at radius 1 is 1.32 bits per heavy atom. The highest BCUT2D eigenvalue weighted by Crippen LogP contribution is 2.21. The predicted molar refractivity (Wildman–Crippen MR) is 65.9 cm³/mol. The molecule has 0 bridgehead atoms. The van der Waals surface area contributed by atoms with Crippen molar-refractivity contribution in [3.8, 4) is 5.75 Å². The van der Waals surface area contributed by atoms with Gasteiger partial charge in [-0.2, -0.15) is 0 Å². The number of carboxylic acids is 1. The average molecular weight is 264 g/mol. The SMILES string of the molecule is Cc1cc(F)ccc1OCc1cc(C)c(C(=O)O)o1. The Morgan fingerprint density at radius 3 is 2.63 bits per heavy atom. The zero-order chi connectivity index (χ0) is 14.0. The molecule has 1 heterocycles. The molecule has 1 aromatic heterocycles. The van der Waals surface area contributed by atoms with E-state index in [-0.39, 0.29) is 18.2 Å². The van der Waals surface area contributed by atoms with Gasteiger partial charge in [-0.1, -0.05) is 0 Å². The van der Waals surface area contributed by atoms with Crippen LogP contribution in [-0.2, 0) is 6.61 Å². The standard InChI is InChI=1S/C14H13FO4/c1-8-5-10(15)3-4-12(8)18-7-11-6-9(2)13(19-11)14(16)17/h3-6H,7H2,1-2H3,(H,16,17). The van der Waals surface area contributed by atoms with Crippen molar-refractivity contribution < 1.29 is 23.4 Å². The van der Waals surface area contributed by atoms with Crippen LogP contribution >= 0.6 is 0 Å². The first-order valence-electron chi connectivity index (χ1n) is 5.69. The maximum atomic E-state index is 12.9. The molecule has 0 radical (unpaired) electrons. The van der Waals surface area contributed by atoms with Crippen molar-refractivity contribution in [1.29, 1.82) is 0 Å². The number of ether oxygens (including phenoxy) is 1. The van der Waals surface area contributed by atoms with Gasteiger partial charge in [0.05, 0.1) is 0 Å². The van der Waals surface area contributed by atoms with E-state index in [2.05, 4.69) is 0 Å². The van der Waals surface area contributed by atoms with Crippen LogP contribution in [0, 0.1) is 19.7 Å². The van der Waals surface area contributed by atoms with Crippen LogP contribution in [0.25, 0.3) is 0 Å². The van der Waals surface area contributed by atoms with Gasteiger partial charge in [0, 0.05) is 5.56 Å². The van der Waals surface area contributed by atoms with Crippen molar-refractivity contribution in [2.75, 3.05) is 0 Å². The van der Waals surface area contributed by atoms with Gasteiger partial charge in [-0.05, 0) is 43.7 Å². The molecule has 0 amide bonds. The number of furan rings is 1. The number of aromatic carboxylic acids is 1. The number of halogens is 1. The predicted octanol–water partition coefficient (Wildman–Crippen LogP) is 3.31. The summed E-state index contributed by atoms with van der Waals surface area (Å²) in [5.41, 5.74) is 1.21. The average Bonchev–Trinajstić information content (AvgIpc) is 2.69. The van der Waals surface area contributed by atoms with Crippen LogP contribution in [0.2, 0.25) is 0 Å². The molecule has 2 aromatic rings. The minimum atomic E-state index is -1.11. The third kappa shape index (κ3) is 2.93. The zero-order valence-corrected chi connectivity index (χ0v) is 10.6. The zero-order valence-electron chi connectivity index (χ0n) is 10.6. The lowest BCUT2D eigenvalue weighted by molar-refractivity contribution is 0.0657. The summed E-state index contributed by atoms with van der Waals surface area (Å²) in [7, 11) is 0. The van der Waals surface area contributed by atoms with E-state index in [1.807, 2.05) is 0 Å². The minimum absolute atomic E-state index is 0.0885. The fraction of sp³-hybridized carbons (Fsp3) is 0.214. The number of carbonyl (C=O) groups is 1. The van der Waals surface area contributed by atoms with Gasteiger partial charge in [-0.25, -0.2) is 9.18 Å². The lowest BCUT2D eigenvalue weighted by Crippen LogP contribution is -1.97. The van der Waals surface area contributed by atoms with E-state index in [1.54, 1.807) is 19.9 Å². The van der Waals surface area contributed by atoms with E-state index < -0.39 is 5.97 Å². The highest BCUT2D eigenvalue weighted by Gasteiger charge is 2.14. The van der Waals surface area contributed by atoms with Crippen molar-refractivity contribution >= 4 is 5.97 Å². The van der Waals surface area contributed by atoms with E-state index in [1.165, 1.54) is 18.2 Å². The molecule has 2 rings (SSSR count). The van der Waals surface area contributed by atoms with Gasteiger partial charge in [0.1, 0.15) is 23.9 Å². The number of hydrogen-bond acceptors (Lipinski definition) is 3. The van der Waals surface area contributed by atoms with Crippen LogP contribution in [0.15, 0.2) is 28.7 Å². The van der Waals surface area contributed by atoms with Crippen molar-refractivity contribution in [2.24, 2.45) is 0 Å².